The molecule has 0 bridgehead atoms. The molecule has 0 saturated carbocycles. The molecule has 136 valence electrons. The van der Waals surface area contributed by atoms with Crippen LogP contribution in [0.25, 0.3) is 6.08 Å². The van der Waals surface area contributed by atoms with E-state index in [4.69, 9.17) is 4.74 Å². The zero-order valence-corrected chi connectivity index (χ0v) is 15.4. The van der Waals surface area contributed by atoms with Crippen molar-refractivity contribution in [3.63, 3.8) is 0 Å². The van der Waals surface area contributed by atoms with Gasteiger partial charge in [-0.2, -0.15) is 0 Å². The van der Waals surface area contributed by atoms with Crippen LogP contribution in [-0.2, 0) is 4.79 Å². The monoisotopic (exact) mass is 358 g/mol. The number of carbonyl (C=O) groups excluding carboxylic acids is 1. The second-order valence-corrected chi connectivity index (χ2v) is 6.28. The number of hydrogen-bond donors (Lipinski definition) is 1. The molecule has 1 heterocycles. The zero-order valence-electron chi connectivity index (χ0n) is 15.4. The van der Waals surface area contributed by atoms with E-state index in [1.54, 1.807) is 18.3 Å². The number of pyridine rings is 1. The maximum Gasteiger partial charge on any atom is 0.244 e. The average molecular weight is 358 g/mol. The minimum Gasteiger partial charge on any atom is -0.456 e. The van der Waals surface area contributed by atoms with E-state index >= 15 is 0 Å². The predicted molar refractivity (Wildman–Crippen MR) is 108 cm³/mol. The molecule has 2 aromatic carbocycles. The third-order valence-electron chi connectivity index (χ3n) is 4.06. The summed E-state index contributed by atoms with van der Waals surface area (Å²) < 4.78 is 5.85. The number of hydrogen-bond acceptors (Lipinski definition) is 3. The third kappa shape index (κ3) is 5.54. The molecular weight excluding hydrogens is 336 g/mol. The highest BCUT2D eigenvalue weighted by Crippen LogP contribution is 2.24. The van der Waals surface area contributed by atoms with Crippen LogP contribution < -0.4 is 10.1 Å². The topological polar surface area (TPSA) is 51.2 Å². The molecule has 1 N–H and O–H groups in total. The molecule has 1 aromatic heterocycles. The first kappa shape index (κ1) is 18.4. The summed E-state index contributed by atoms with van der Waals surface area (Å²) in [6.45, 7) is 3.88. The van der Waals surface area contributed by atoms with Gasteiger partial charge in [0, 0.05) is 11.8 Å². The normalized spacial score (nSPS) is 11.9. The van der Waals surface area contributed by atoms with Crippen molar-refractivity contribution in [2.75, 3.05) is 0 Å². The van der Waals surface area contributed by atoms with E-state index in [9.17, 15) is 4.79 Å². The molecule has 1 amide bonds. The first-order valence-corrected chi connectivity index (χ1v) is 8.84. The van der Waals surface area contributed by atoms with Crippen LogP contribution in [-0.4, -0.2) is 10.9 Å². The minimum absolute atomic E-state index is 0.139. The highest BCUT2D eigenvalue weighted by Gasteiger charge is 2.09. The Kier molecular flexibility index (Phi) is 6.00. The molecule has 0 spiro atoms. The molecule has 0 aliphatic carbocycles. The van der Waals surface area contributed by atoms with Gasteiger partial charge >= 0.3 is 0 Å². The van der Waals surface area contributed by atoms with Gasteiger partial charge in [-0.3, -0.25) is 9.78 Å². The molecule has 0 radical (unpaired) electrons. The number of carbonyl (C=O) groups is 1. The van der Waals surface area contributed by atoms with Crippen molar-refractivity contribution in [3.05, 3.63) is 95.8 Å². The van der Waals surface area contributed by atoms with Crippen molar-refractivity contribution in [1.82, 2.24) is 10.3 Å². The quantitative estimate of drug-likeness (QED) is 0.626. The van der Waals surface area contributed by atoms with Crippen molar-refractivity contribution < 1.29 is 9.53 Å². The number of nitrogens with zero attached hydrogens (tertiary/aromatic N) is 1. The second-order valence-electron chi connectivity index (χ2n) is 6.28. The SMILES string of the molecule is Cc1ccc(Oc2cccc(C(C)NC(=O)/C=C/c3ccccc3)c2)cn1. The molecule has 0 aliphatic heterocycles. The average Bonchev–Trinajstić information content (AvgIpc) is 2.69. The van der Waals surface area contributed by atoms with Crippen molar-refractivity contribution in [2.45, 2.75) is 19.9 Å². The minimum atomic E-state index is -0.141. The van der Waals surface area contributed by atoms with E-state index in [1.807, 2.05) is 80.6 Å². The number of aryl methyl sites for hydroxylation is 1. The lowest BCUT2D eigenvalue weighted by Gasteiger charge is -2.14. The fourth-order valence-electron chi connectivity index (χ4n) is 2.58. The van der Waals surface area contributed by atoms with Gasteiger partial charge in [-0.05, 0) is 55.3 Å². The summed E-state index contributed by atoms with van der Waals surface area (Å²) in [6.07, 6.45) is 5.04. The van der Waals surface area contributed by atoms with E-state index in [1.165, 1.54) is 0 Å². The Morgan fingerprint density at radius 2 is 1.85 bits per heavy atom. The van der Waals surface area contributed by atoms with Crippen LogP contribution >= 0.6 is 0 Å². The molecule has 4 nitrogen and oxygen atoms in total. The van der Waals surface area contributed by atoms with Crippen molar-refractivity contribution in [3.8, 4) is 11.5 Å². The Morgan fingerprint density at radius 1 is 1.04 bits per heavy atom. The first-order valence-electron chi connectivity index (χ1n) is 8.84. The lowest BCUT2D eigenvalue weighted by molar-refractivity contribution is -0.117. The summed E-state index contributed by atoms with van der Waals surface area (Å²) in [5, 5.41) is 2.97. The molecule has 4 heteroatoms. The molecule has 3 aromatic rings. The van der Waals surface area contributed by atoms with Crippen LogP contribution in [0.1, 0.15) is 29.8 Å². The molecule has 0 aliphatic rings. The largest absolute Gasteiger partial charge is 0.456 e. The summed E-state index contributed by atoms with van der Waals surface area (Å²) in [5.74, 6) is 1.25. The number of nitrogens with one attached hydrogen (secondary N) is 1. The Bertz CT molecular complexity index is 919. The number of ether oxygens (including phenoxy) is 1. The van der Waals surface area contributed by atoms with Crippen LogP contribution in [0, 0.1) is 6.92 Å². The van der Waals surface area contributed by atoms with Crippen LogP contribution in [0.2, 0.25) is 0 Å². The summed E-state index contributed by atoms with van der Waals surface area (Å²) in [5.41, 5.74) is 2.90. The maximum absolute atomic E-state index is 12.2. The van der Waals surface area contributed by atoms with E-state index in [2.05, 4.69) is 10.3 Å². The van der Waals surface area contributed by atoms with E-state index < -0.39 is 0 Å². The summed E-state index contributed by atoms with van der Waals surface area (Å²) >= 11 is 0. The Labute approximate surface area is 159 Å². The van der Waals surface area contributed by atoms with Gasteiger partial charge in [0.1, 0.15) is 11.5 Å². The summed E-state index contributed by atoms with van der Waals surface area (Å²) in [6, 6.07) is 21.1. The fraction of sp³-hybridized carbons (Fsp3) is 0.130. The van der Waals surface area contributed by atoms with Crippen LogP contribution in [0.15, 0.2) is 79.0 Å². The zero-order chi connectivity index (χ0) is 19.1. The third-order valence-corrected chi connectivity index (χ3v) is 4.06. The number of amides is 1. The van der Waals surface area contributed by atoms with Gasteiger partial charge in [0.2, 0.25) is 5.91 Å². The molecule has 1 unspecified atom stereocenters. The molecule has 0 fully saturated rings. The highest BCUT2D eigenvalue weighted by atomic mass is 16.5. The molecule has 3 rings (SSSR count). The van der Waals surface area contributed by atoms with Crippen molar-refractivity contribution in [1.29, 1.82) is 0 Å². The second kappa shape index (κ2) is 8.81. The van der Waals surface area contributed by atoms with Crippen LogP contribution in [0.4, 0.5) is 0 Å². The van der Waals surface area contributed by atoms with Crippen LogP contribution in [0.3, 0.4) is 0 Å². The summed E-state index contributed by atoms with van der Waals surface area (Å²) in [7, 11) is 0. The van der Waals surface area contributed by atoms with Crippen molar-refractivity contribution in [2.24, 2.45) is 0 Å². The van der Waals surface area contributed by atoms with E-state index in [0.29, 0.717) is 11.5 Å². The Balaban J connectivity index is 1.62. The lowest BCUT2D eigenvalue weighted by Crippen LogP contribution is -2.24. The van der Waals surface area contributed by atoms with Gasteiger partial charge in [0.05, 0.1) is 12.2 Å². The molecular formula is C23H22N2O2. The molecule has 27 heavy (non-hydrogen) atoms. The van der Waals surface area contributed by atoms with Crippen molar-refractivity contribution >= 4 is 12.0 Å². The predicted octanol–water partition coefficient (Wildman–Crippen LogP) is 5.07. The van der Waals surface area contributed by atoms with Gasteiger partial charge < -0.3 is 10.1 Å². The van der Waals surface area contributed by atoms with Gasteiger partial charge in [-0.1, -0.05) is 42.5 Å². The van der Waals surface area contributed by atoms with Gasteiger partial charge in [-0.25, -0.2) is 0 Å². The van der Waals surface area contributed by atoms with Gasteiger partial charge in [0.25, 0.3) is 0 Å². The van der Waals surface area contributed by atoms with Gasteiger partial charge in [-0.15, -0.1) is 0 Å². The first-order chi connectivity index (χ1) is 13.1. The molecule has 1 atom stereocenters. The standard InChI is InChI=1S/C23H22N2O2/c1-17-11-13-22(16-24-17)27-21-10-6-9-20(15-21)18(2)25-23(26)14-12-19-7-4-3-5-8-19/h3-16,18H,1-2H3,(H,25,26)/b14-12+. The highest BCUT2D eigenvalue weighted by molar-refractivity contribution is 5.91. The number of aromatic nitrogens is 1. The maximum atomic E-state index is 12.2. The molecule has 0 saturated heterocycles. The van der Waals surface area contributed by atoms with E-state index in [0.717, 1.165) is 16.8 Å². The summed E-state index contributed by atoms with van der Waals surface area (Å²) in [4.78, 5) is 16.4. The number of rotatable bonds is 6. The Morgan fingerprint density at radius 3 is 2.59 bits per heavy atom. The fourth-order valence-corrected chi connectivity index (χ4v) is 2.58. The lowest BCUT2D eigenvalue weighted by atomic mass is 10.1. The van der Waals surface area contributed by atoms with E-state index in [-0.39, 0.29) is 11.9 Å². The van der Waals surface area contributed by atoms with Gasteiger partial charge in [0.15, 0.2) is 0 Å². The smallest absolute Gasteiger partial charge is 0.244 e. The number of benzene rings is 2. The Hall–Kier alpha value is -3.40. The van der Waals surface area contributed by atoms with Crippen LogP contribution in [0.5, 0.6) is 11.5 Å².